The van der Waals surface area contributed by atoms with Gasteiger partial charge in [-0.05, 0) is 26.5 Å². The third-order valence-electron chi connectivity index (χ3n) is 2.91. The third kappa shape index (κ3) is 2.44. The molecular formula is C13H18ClN3O. The highest BCUT2D eigenvalue weighted by Crippen LogP contribution is 2.29. The normalized spacial score (nSPS) is 12.9. The highest BCUT2D eigenvalue weighted by molar-refractivity contribution is 6.31. The highest BCUT2D eigenvalue weighted by atomic mass is 35.5. The monoisotopic (exact) mass is 267 g/mol. The van der Waals surface area contributed by atoms with Crippen LogP contribution in [0.5, 0.6) is 0 Å². The highest BCUT2D eigenvalue weighted by Gasteiger charge is 2.21. The molecule has 0 bridgehead atoms. The molecule has 0 aliphatic carbocycles. The zero-order valence-electron chi connectivity index (χ0n) is 10.9. The Morgan fingerprint density at radius 1 is 1.56 bits per heavy atom. The standard InChI is InChI=1S/C13H18ClN3O/c1-4-5-17-13(11(14)7-16-17)12(15-3)10-6-9(2)18-8-10/h6-8,12,15H,4-5H2,1-3H3. The quantitative estimate of drug-likeness (QED) is 0.905. The molecule has 2 rings (SSSR count). The fourth-order valence-electron chi connectivity index (χ4n) is 2.13. The zero-order chi connectivity index (χ0) is 13.1. The van der Waals surface area contributed by atoms with Crippen molar-refractivity contribution in [3.63, 3.8) is 0 Å². The predicted molar refractivity (Wildman–Crippen MR) is 71.9 cm³/mol. The molecule has 5 heteroatoms. The number of halogens is 1. The number of aromatic nitrogens is 2. The van der Waals surface area contributed by atoms with Crippen LogP contribution in [0.1, 0.15) is 36.4 Å². The molecule has 0 saturated carbocycles. The van der Waals surface area contributed by atoms with Crippen molar-refractivity contribution >= 4 is 11.6 Å². The summed E-state index contributed by atoms with van der Waals surface area (Å²) in [6.45, 7) is 4.91. The van der Waals surface area contributed by atoms with Gasteiger partial charge >= 0.3 is 0 Å². The van der Waals surface area contributed by atoms with Crippen LogP contribution in [-0.4, -0.2) is 16.8 Å². The van der Waals surface area contributed by atoms with Gasteiger partial charge in [-0.1, -0.05) is 18.5 Å². The number of rotatable bonds is 5. The topological polar surface area (TPSA) is 43.0 Å². The van der Waals surface area contributed by atoms with E-state index in [0.29, 0.717) is 5.02 Å². The van der Waals surface area contributed by atoms with Gasteiger partial charge in [0, 0.05) is 12.1 Å². The molecule has 0 amide bonds. The van der Waals surface area contributed by atoms with Gasteiger partial charge in [0.2, 0.25) is 0 Å². The van der Waals surface area contributed by atoms with E-state index in [2.05, 4.69) is 17.3 Å². The van der Waals surface area contributed by atoms with Crippen LogP contribution in [-0.2, 0) is 6.54 Å². The third-order valence-corrected chi connectivity index (χ3v) is 3.21. The van der Waals surface area contributed by atoms with E-state index < -0.39 is 0 Å². The lowest BCUT2D eigenvalue weighted by Crippen LogP contribution is -2.21. The first-order valence-corrected chi connectivity index (χ1v) is 6.48. The first kappa shape index (κ1) is 13.2. The molecule has 0 fully saturated rings. The van der Waals surface area contributed by atoms with E-state index in [9.17, 15) is 0 Å². The van der Waals surface area contributed by atoms with E-state index in [-0.39, 0.29) is 6.04 Å². The van der Waals surface area contributed by atoms with Crippen LogP contribution in [0.15, 0.2) is 22.9 Å². The minimum atomic E-state index is 0.00370. The Morgan fingerprint density at radius 3 is 2.89 bits per heavy atom. The Hall–Kier alpha value is -1.26. The summed E-state index contributed by atoms with van der Waals surface area (Å²) in [6, 6.07) is 2.02. The van der Waals surface area contributed by atoms with Gasteiger partial charge in [0.05, 0.1) is 29.2 Å². The number of hydrogen-bond donors (Lipinski definition) is 1. The van der Waals surface area contributed by atoms with Crippen LogP contribution in [0.25, 0.3) is 0 Å². The SMILES string of the molecule is CCCn1ncc(Cl)c1C(NC)c1coc(C)c1. The van der Waals surface area contributed by atoms with E-state index in [4.69, 9.17) is 16.0 Å². The molecule has 2 aromatic heterocycles. The fraction of sp³-hybridized carbons (Fsp3) is 0.462. The van der Waals surface area contributed by atoms with E-state index in [1.54, 1.807) is 12.5 Å². The first-order chi connectivity index (χ1) is 8.67. The Morgan fingerprint density at radius 2 is 2.33 bits per heavy atom. The molecule has 2 aromatic rings. The Kier molecular flexibility index (Phi) is 4.09. The molecule has 2 heterocycles. The summed E-state index contributed by atoms with van der Waals surface area (Å²) >= 11 is 6.26. The number of hydrogen-bond acceptors (Lipinski definition) is 3. The second-order valence-corrected chi connectivity index (χ2v) is 4.72. The second-order valence-electron chi connectivity index (χ2n) is 4.31. The van der Waals surface area contributed by atoms with Gasteiger partial charge in [-0.3, -0.25) is 4.68 Å². The second kappa shape index (κ2) is 5.59. The van der Waals surface area contributed by atoms with Crippen LogP contribution >= 0.6 is 11.6 Å². The average Bonchev–Trinajstić information content (AvgIpc) is 2.91. The molecule has 0 spiro atoms. The van der Waals surface area contributed by atoms with Crippen molar-refractivity contribution < 1.29 is 4.42 Å². The largest absolute Gasteiger partial charge is 0.469 e. The molecule has 1 atom stereocenters. The molecule has 4 nitrogen and oxygen atoms in total. The molecule has 1 N–H and O–H groups in total. The molecule has 0 aliphatic rings. The Labute approximate surface area is 112 Å². The summed E-state index contributed by atoms with van der Waals surface area (Å²) in [6.07, 6.45) is 4.48. The first-order valence-electron chi connectivity index (χ1n) is 6.10. The molecule has 0 saturated heterocycles. The Balaban J connectivity index is 2.41. The van der Waals surface area contributed by atoms with E-state index in [1.807, 2.05) is 24.7 Å². The molecular weight excluding hydrogens is 250 g/mol. The number of furan rings is 1. The van der Waals surface area contributed by atoms with E-state index >= 15 is 0 Å². The predicted octanol–water partition coefficient (Wildman–Crippen LogP) is 3.16. The van der Waals surface area contributed by atoms with Crippen LogP contribution in [0.2, 0.25) is 5.02 Å². The molecule has 0 aliphatic heterocycles. The Bertz CT molecular complexity index is 518. The summed E-state index contributed by atoms with van der Waals surface area (Å²) in [5, 5.41) is 8.27. The van der Waals surface area contributed by atoms with E-state index in [0.717, 1.165) is 30.0 Å². The van der Waals surface area contributed by atoms with Crippen LogP contribution in [0.4, 0.5) is 0 Å². The van der Waals surface area contributed by atoms with Crippen molar-refractivity contribution in [1.82, 2.24) is 15.1 Å². The molecule has 18 heavy (non-hydrogen) atoms. The van der Waals surface area contributed by atoms with Gasteiger partial charge < -0.3 is 9.73 Å². The zero-order valence-corrected chi connectivity index (χ0v) is 11.7. The smallest absolute Gasteiger partial charge is 0.101 e. The van der Waals surface area contributed by atoms with Crippen LogP contribution in [0.3, 0.4) is 0 Å². The summed E-state index contributed by atoms with van der Waals surface area (Å²) in [5.41, 5.74) is 2.05. The maximum Gasteiger partial charge on any atom is 0.101 e. The van der Waals surface area contributed by atoms with Crippen molar-refractivity contribution in [2.45, 2.75) is 32.9 Å². The van der Waals surface area contributed by atoms with Gasteiger partial charge in [-0.2, -0.15) is 5.10 Å². The van der Waals surface area contributed by atoms with Crippen molar-refractivity contribution in [2.24, 2.45) is 0 Å². The van der Waals surface area contributed by atoms with Crippen molar-refractivity contribution in [3.8, 4) is 0 Å². The van der Waals surface area contributed by atoms with Gasteiger partial charge in [0.15, 0.2) is 0 Å². The van der Waals surface area contributed by atoms with Crippen LogP contribution < -0.4 is 5.32 Å². The van der Waals surface area contributed by atoms with Gasteiger partial charge in [0.25, 0.3) is 0 Å². The van der Waals surface area contributed by atoms with Gasteiger partial charge in [0.1, 0.15) is 5.76 Å². The van der Waals surface area contributed by atoms with E-state index in [1.165, 1.54) is 0 Å². The maximum atomic E-state index is 6.26. The minimum Gasteiger partial charge on any atom is -0.469 e. The molecule has 1 unspecified atom stereocenters. The van der Waals surface area contributed by atoms with Crippen molar-refractivity contribution in [1.29, 1.82) is 0 Å². The molecule has 0 radical (unpaired) electrons. The molecule has 98 valence electrons. The lowest BCUT2D eigenvalue weighted by molar-refractivity contribution is 0.514. The molecule has 0 aromatic carbocycles. The van der Waals surface area contributed by atoms with Crippen molar-refractivity contribution in [3.05, 3.63) is 40.6 Å². The van der Waals surface area contributed by atoms with Gasteiger partial charge in [-0.15, -0.1) is 0 Å². The average molecular weight is 268 g/mol. The fourth-order valence-corrected chi connectivity index (χ4v) is 2.38. The number of nitrogens with one attached hydrogen (secondary N) is 1. The lowest BCUT2D eigenvalue weighted by atomic mass is 10.1. The number of nitrogens with zero attached hydrogens (tertiary/aromatic N) is 2. The summed E-state index contributed by atoms with van der Waals surface area (Å²) in [5.74, 6) is 0.892. The van der Waals surface area contributed by atoms with Gasteiger partial charge in [-0.25, -0.2) is 0 Å². The maximum absolute atomic E-state index is 6.26. The lowest BCUT2D eigenvalue weighted by Gasteiger charge is -2.17. The summed E-state index contributed by atoms with van der Waals surface area (Å²) in [4.78, 5) is 0. The minimum absolute atomic E-state index is 0.00370. The van der Waals surface area contributed by atoms with Crippen LogP contribution in [0, 0.1) is 6.92 Å². The summed E-state index contributed by atoms with van der Waals surface area (Å²) in [7, 11) is 1.91. The number of aryl methyl sites for hydroxylation is 2. The van der Waals surface area contributed by atoms with Crippen molar-refractivity contribution in [2.75, 3.05) is 7.05 Å². The summed E-state index contributed by atoms with van der Waals surface area (Å²) < 4.78 is 7.32.